The summed E-state index contributed by atoms with van der Waals surface area (Å²) in [6, 6.07) is 0. The molecule has 0 bridgehead atoms. The van der Waals surface area contributed by atoms with Gasteiger partial charge in [0.1, 0.15) is 0 Å². The Kier molecular flexibility index (Phi) is 6.30. The Balaban J connectivity index is 1.52. The Morgan fingerprint density at radius 2 is 1.85 bits per heavy atom. The van der Waals surface area contributed by atoms with Crippen molar-refractivity contribution < 1.29 is 14.3 Å². The molecule has 1 saturated carbocycles. The van der Waals surface area contributed by atoms with Gasteiger partial charge in [-0.15, -0.1) is 0 Å². The highest BCUT2D eigenvalue weighted by Crippen LogP contribution is 2.24. The van der Waals surface area contributed by atoms with Crippen LogP contribution in [0.5, 0.6) is 0 Å². The molecular formula is C15H26N2O3. The van der Waals surface area contributed by atoms with Crippen molar-refractivity contribution in [1.82, 2.24) is 10.6 Å². The second-order valence-corrected chi connectivity index (χ2v) is 5.91. The average Bonchev–Trinajstić information content (AvgIpc) is 3.00. The Labute approximate surface area is 120 Å². The minimum atomic E-state index is 0.0160. The average molecular weight is 282 g/mol. The Hall–Kier alpha value is -1.10. The SMILES string of the molecule is O=C(CCNC(=O)C1CCCC1)NC[C@@H]1CCCOC1. The fraction of sp³-hybridized carbons (Fsp3) is 0.867. The number of amides is 2. The van der Waals surface area contributed by atoms with Crippen molar-refractivity contribution in [3.05, 3.63) is 0 Å². The number of carbonyl (C=O) groups is 2. The van der Waals surface area contributed by atoms with Gasteiger partial charge < -0.3 is 15.4 Å². The van der Waals surface area contributed by atoms with Gasteiger partial charge in [-0.3, -0.25) is 9.59 Å². The zero-order valence-electron chi connectivity index (χ0n) is 12.2. The predicted octanol–water partition coefficient (Wildman–Crippen LogP) is 1.23. The highest BCUT2D eigenvalue weighted by Gasteiger charge is 2.22. The van der Waals surface area contributed by atoms with Crippen molar-refractivity contribution in [1.29, 1.82) is 0 Å². The third-order valence-corrected chi connectivity index (χ3v) is 4.22. The molecule has 5 nitrogen and oxygen atoms in total. The molecule has 0 spiro atoms. The van der Waals surface area contributed by atoms with Gasteiger partial charge in [0.2, 0.25) is 11.8 Å². The van der Waals surface area contributed by atoms with Crippen molar-refractivity contribution in [2.45, 2.75) is 44.9 Å². The minimum Gasteiger partial charge on any atom is -0.381 e. The molecule has 0 radical (unpaired) electrons. The third kappa shape index (κ3) is 5.12. The summed E-state index contributed by atoms with van der Waals surface area (Å²) in [5, 5.41) is 5.79. The van der Waals surface area contributed by atoms with Crippen LogP contribution in [-0.4, -0.2) is 38.1 Å². The van der Waals surface area contributed by atoms with E-state index < -0.39 is 0 Å². The van der Waals surface area contributed by atoms with Gasteiger partial charge >= 0.3 is 0 Å². The predicted molar refractivity (Wildman–Crippen MR) is 76.1 cm³/mol. The summed E-state index contributed by atoms with van der Waals surface area (Å²) in [6.07, 6.45) is 6.88. The number of ether oxygens (including phenoxy) is 1. The molecule has 1 atom stereocenters. The molecule has 0 unspecified atom stereocenters. The number of carbonyl (C=O) groups excluding carboxylic acids is 2. The normalized spacial score (nSPS) is 23.5. The number of hydrogen-bond donors (Lipinski definition) is 2. The van der Waals surface area contributed by atoms with Gasteiger partial charge in [-0.25, -0.2) is 0 Å². The van der Waals surface area contributed by atoms with E-state index in [1.807, 2.05) is 0 Å². The molecule has 2 fully saturated rings. The summed E-state index contributed by atoms with van der Waals surface area (Å²) in [6.45, 7) is 2.73. The third-order valence-electron chi connectivity index (χ3n) is 4.22. The Morgan fingerprint density at radius 3 is 2.55 bits per heavy atom. The molecule has 2 aliphatic rings. The van der Waals surface area contributed by atoms with Crippen LogP contribution in [0, 0.1) is 11.8 Å². The van der Waals surface area contributed by atoms with Crippen LogP contribution in [0.15, 0.2) is 0 Å². The van der Waals surface area contributed by atoms with Gasteiger partial charge in [-0.1, -0.05) is 12.8 Å². The van der Waals surface area contributed by atoms with E-state index in [4.69, 9.17) is 4.74 Å². The molecular weight excluding hydrogens is 256 g/mol. The molecule has 2 N–H and O–H groups in total. The van der Waals surface area contributed by atoms with E-state index in [2.05, 4.69) is 10.6 Å². The standard InChI is InChI=1S/C15H26N2O3/c18-14(17-10-12-4-3-9-20-11-12)7-8-16-15(19)13-5-1-2-6-13/h12-13H,1-11H2,(H,16,19)(H,17,18)/t12-/m0/s1. The summed E-state index contributed by atoms with van der Waals surface area (Å²) >= 11 is 0. The van der Waals surface area contributed by atoms with Gasteiger partial charge in [-0.05, 0) is 31.6 Å². The molecule has 0 aromatic carbocycles. The van der Waals surface area contributed by atoms with Crippen LogP contribution in [0.4, 0.5) is 0 Å². The molecule has 2 rings (SSSR count). The lowest BCUT2D eigenvalue weighted by Crippen LogP contribution is -2.36. The van der Waals surface area contributed by atoms with E-state index in [0.717, 1.165) is 51.7 Å². The van der Waals surface area contributed by atoms with Crippen LogP contribution in [0.3, 0.4) is 0 Å². The van der Waals surface area contributed by atoms with Crippen LogP contribution < -0.4 is 10.6 Å². The quantitative estimate of drug-likeness (QED) is 0.770. The molecule has 1 aliphatic heterocycles. The summed E-state index contributed by atoms with van der Waals surface area (Å²) in [7, 11) is 0. The molecule has 0 aromatic heterocycles. The maximum absolute atomic E-state index is 11.8. The van der Waals surface area contributed by atoms with Gasteiger partial charge in [0.25, 0.3) is 0 Å². The summed E-state index contributed by atoms with van der Waals surface area (Å²) < 4.78 is 5.38. The largest absolute Gasteiger partial charge is 0.381 e. The summed E-state index contributed by atoms with van der Waals surface area (Å²) in [5.41, 5.74) is 0. The number of hydrogen-bond acceptors (Lipinski definition) is 3. The first-order valence-corrected chi connectivity index (χ1v) is 7.88. The van der Waals surface area contributed by atoms with E-state index in [-0.39, 0.29) is 17.7 Å². The Bertz CT molecular complexity index is 321. The second-order valence-electron chi connectivity index (χ2n) is 5.91. The van der Waals surface area contributed by atoms with E-state index in [9.17, 15) is 9.59 Å². The smallest absolute Gasteiger partial charge is 0.223 e. The van der Waals surface area contributed by atoms with Gasteiger partial charge in [0, 0.05) is 32.0 Å². The van der Waals surface area contributed by atoms with Crippen molar-refractivity contribution in [2.24, 2.45) is 11.8 Å². The van der Waals surface area contributed by atoms with Crippen LogP contribution >= 0.6 is 0 Å². The summed E-state index contributed by atoms with van der Waals surface area (Å²) in [5.74, 6) is 0.761. The molecule has 0 aromatic rings. The lowest BCUT2D eigenvalue weighted by atomic mass is 10.0. The maximum Gasteiger partial charge on any atom is 0.223 e. The molecule has 1 saturated heterocycles. The van der Waals surface area contributed by atoms with E-state index in [1.165, 1.54) is 0 Å². The molecule has 5 heteroatoms. The highest BCUT2D eigenvalue weighted by molar-refractivity contribution is 5.80. The monoisotopic (exact) mass is 282 g/mol. The van der Waals surface area contributed by atoms with E-state index in [0.29, 0.717) is 25.4 Å². The number of rotatable bonds is 6. The first-order valence-electron chi connectivity index (χ1n) is 7.88. The van der Waals surface area contributed by atoms with Crippen LogP contribution in [0.1, 0.15) is 44.9 Å². The van der Waals surface area contributed by atoms with E-state index >= 15 is 0 Å². The van der Waals surface area contributed by atoms with Crippen molar-refractivity contribution in [3.8, 4) is 0 Å². The van der Waals surface area contributed by atoms with Crippen molar-refractivity contribution >= 4 is 11.8 Å². The number of nitrogens with one attached hydrogen (secondary N) is 2. The minimum absolute atomic E-state index is 0.0160. The molecule has 114 valence electrons. The zero-order valence-corrected chi connectivity index (χ0v) is 12.2. The molecule has 20 heavy (non-hydrogen) atoms. The lowest BCUT2D eigenvalue weighted by Gasteiger charge is -2.22. The zero-order chi connectivity index (χ0) is 14.2. The fourth-order valence-electron chi connectivity index (χ4n) is 2.95. The lowest BCUT2D eigenvalue weighted by molar-refractivity contribution is -0.125. The van der Waals surface area contributed by atoms with Gasteiger partial charge in [0.05, 0.1) is 6.61 Å². The van der Waals surface area contributed by atoms with Crippen LogP contribution in [-0.2, 0) is 14.3 Å². The molecule has 1 aliphatic carbocycles. The molecule has 1 heterocycles. The van der Waals surface area contributed by atoms with E-state index in [1.54, 1.807) is 0 Å². The first kappa shape index (κ1) is 15.3. The van der Waals surface area contributed by atoms with Gasteiger partial charge in [-0.2, -0.15) is 0 Å². The van der Waals surface area contributed by atoms with Gasteiger partial charge in [0.15, 0.2) is 0 Å². The fourth-order valence-corrected chi connectivity index (χ4v) is 2.95. The van der Waals surface area contributed by atoms with Crippen LogP contribution in [0.25, 0.3) is 0 Å². The van der Waals surface area contributed by atoms with Crippen molar-refractivity contribution in [3.63, 3.8) is 0 Å². The van der Waals surface area contributed by atoms with Crippen LogP contribution in [0.2, 0.25) is 0 Å². The summed E-state index contributed by atoms with van der Waals surface area (Å²) in [4.78, 5) is 23.5. The Morgan fingerprint density at radius 1 is 1.05 bits per heavy atom. The molecule has 2 amide bonds. The topological polar surface area (TPSA) is 67.4 Å². The highest BCUT2D eigenvalue weighted by atomic mass is 16.5. The maximum atomic E-state index is 11.8. The van der Waals surface area contributed by atoms with Crippen molar-refractivity contribution in [2.75, 3.05) is 26.3 Å². The second kappa shape index (κ2) is 8.25. The first-order chi connectivity index (χ1) is 9.75.